The van der Waals surface area contributed by atoms with Gasteiger partial charge in [0, 0.05) is 17.5 Å². The number of ether oxygens (including phenoxy) is 1. The lowest BCUT2D eigenvalue weighted by atomic mass is 9.97. The summed E-state index contributed by atoms with van der Waals surface area (Å²) >= 11 is 3.39. The molecule has 0 aromatic heterocycles. The molecule has 1 N–H and O–H groups in total. The molecule has 1 rings (SSSR count). The van der Waals surface area contributed by atoms with E-state index in [4.69, 9.17) is 4.74 Å². The Bertz CT molecular complexity index is 231. The summed E-state index contributed by atoms with van der Waals surface area (Å²) in [5.41, 5.74) is -0.183. The van der Waals surface area contributed by atoms with Crippen molar-refractivity contribution in [3.05, 3.63) is 0 Å². The molecule has 0 radical (unpaired) electrons. The van der Waals surface area contributed by atoms with Gasteiger partial charge < -0.3 is 10.1 Å². The Morgan fingerprint density at radius 1 is 1.60 bits per heavy atom. The number of rotatable bonds is 4. The second-order valence-electron chi connectivity index (χ2n) is 4.72. The van der Waals surface area contributed by atoms with E-state index in [1.165, 1.54) is 0 Å². The molecule has 0 aromatic rings. The maximum atomic E-state index is 12.0. The monoisotopic (exact) mass is 277 g/mol. The number of carbonyl (C=O) groups is 1. The normalized spacial score (nSPS) is 26.7. The van der Waals surface area contributed by atoms with Crippen molar-refractivity contribution in [1.82, 2.24) is 5.32 Å². The van der Waals surface area contributed by atoms with E-state index in [-0.39, 0.29) is 23.5 Å². The van der Waals surface area contributed by atoms with Gasteiger partial charge in [-0.15, -0.1) is 0 Å². The highest BCUT2D eigenvalue weighted by molar-refractivity contribution is 9.09. The molecule has 1 amide bonds. The van der Waals surface area contributed by atoms with Gasteiger partial charge in [0.2, 0.25) is 5.91 Å². The molecule has 1 aliphatic rings. The van der Waals surface area contributed by atoms with Crippen LogP contribution in [0.3, 0.4) is 0 Å². The van der Waals surface area contributed by atoms with Gasteiger partial charge in [0.25, 0.3) is 0 Å². The van der Waals surface area contributed by atoms with Crippen LogP contribution >= 0.6 is 15.9 Å². The Labute approximate surface area is 100 Å². The number of nitrogens with one attached hydrogen (secondary N) is 1. The molecule has 0 aromatic carbocycles. The molecule has 1 aliphatic heterocycles. The van der Waals surface area contributed by atoms with Crippen molar-refractivity contribution in [1.29, 1.82) is 0 Å². The predicted molar refractivity (Wildman–Crippen MR) is 64.2 cm³/mol. The summed E-state index contributed by atoms with van der Waals surface area (Å²) in [5, 5.41) is 3.81. The molecule has 0 spiro atoms. The van der Waals surface area contributed by atoms with Gasteiger partial charge in [-0.1, -0.05) is 22.9 Å². The van der Waals surface area contributed by atoms with Gasteiger partial charge in [0.05, 0.1) is 12.0 Å². The number of halogens is 1. The largest absolute Gasteiger partial charge is 0.377 e. The zero-order valence-electron chi connectivity index (χ0n) is 9.68. The van der Waals surface area contributed by atoms with Crippen LogP contribution in [0, 0.1) is 5.92 Å². The minimum Gasteiger partial charge on any atom is -0.377 e. The molecule has 15 heavy (non-hydrogen) atoms. The lowest BCUT2D eigenvalue weighted by Gasteiger charge is -2.26. The summed E-state index contributed by atoms with van der Waals surface area (Å²) in [6.45, 7) is 6.80. The Morgan fingerprint density at radius 3 is 2.80 bits per heavy atom. The average molecular weight is 278 g/mol. The van der Waals surface area contributed by atoms with E-state index in [1.807, 2.05) is 13.8 Å². The number of amides is 1. The summed E-state index contributed by atoms with van der Waals surface area (Å²) in [4.78, 5) is 12.0. The van der Waals surface area contributed by atoms with Gasteiger partial charge in [0.1, 0.15) is 0 Å². The van der Waals surface area contributed by atoms with Crippen molar-refractivity contribution in [2.24, 2.45) is 5.92 Å². The van der Waals surface area contributed by atoms with E-state index in [1.54, 1.807) is 0 Å². The first-order valence-corrected chi connectivity index (χ1v) is 6.62. The third kappa shape index (κ3) is 3.45. The van der Waals surface area contributed by atoms with E-state index in [0.717, 1.165) is 18.2 Å². The standard InChI is InChI=1S/C11H20BrNO2/c1-4-9-8(5-6-15-9)10(14)13-11(2,3)7-12/h8-9H,4-7H2,1-3H3,(H,13,14). The lowest BCUT2D eigenvalue weighted by molar-refractivity contribution is -0.128. The molecular formula is C11H20BrNO2. The van der Waals surface area contributed by atoms with E-state index in [9.17, 15) is 4.79 Å². The van der Waals surface area contributed by atoms with Gasteiger partial charge in [-0.05, 0) is 26.7 Å². The number of hydrogen-bond donors (Lipinski definition) is 1. The van der Waals surface area contributed by atoms with Crippen molar-refractivity contribution < 1.29 is 9.53 Å². The van der Waals surface area contributed by atoms with Gasteiger partial charge in [0.15, 0.2) is 0 Å². The van der Waals surface area contributed by atoms with Crippen molar-refractivity contribution in [3.8, 4) is 0 Å². The molecule has 88 valence electrons. The van der Waals surface area contributed by atoms with Crippen LogP contribution in [-0.4, -0.2) is 29.5 Å². The highest BCUT2D eigenvalue weighted by Crippen LogP contribution is 2.24. The number of hydrogen-bond acceptors (Lipinski definition) is 2. The van der Waals surface area contributed by atoms with E-state index in [0.29, 0.717) is 6.61 Å². The molecule has 2 atom stereocenters. The molecular weight excluding hydrogens is 258 g/mol. The number of carbonyl (C=O) groups excluding carboxylic acids is 1. The van der Waals surface area contributed by atoms with E-state index in [2.05, 4.69) is 28.2 Å². The van der Waals surface area contributed by atoms with Gasteiger partial charge in [-0.2, -0.15) is 0 Å². The van der Waals surface area contributed by atoms with Crippen LogP contribution in [0.4, 0.5) is 0 Å². The second kappa shape index (κ2) is 5.30. The summed E-state index contributed by atoms with van der Waals surface area (Å²) < 4.78 is 5.51. The molecule has 1 saturated heterocycles. The van der Waals surface area contributed by atoms with Crippen LogP contribution in [0.2, 0.25) is 0 Å². The predicted octanol–water partition coefficient (Wildman–Crippen LogP) is 2.09. The Hall–Kier alpha value is -0.0900. The third-order valence-corrected chi connectivity index (χ3v) is 4.15. The molecule has 0 bridgehead atoms. The van der Waals surface area contributed by atoms with E-state index >= 15 is 0 Å². The Kier molecular flexibility index (Phi) is 4.59. The van der Waals surface area contributed by atoms with Crippen molar-refractivity contribution in [2.45, 2.75) is 45.3 Å². The summed E-state index contributed by atoms with van der Waals surface area (Å²) in [6, 6.07) is 0. The summed E-state index contributed by atoms with van der Waals surface area (Å²) in [5.74, 6) is 0.164. The molecule has 4 heteroatoms. The van der Waals surface area contributed by atoms with Crippen LogP contribution in [0.15, 0.2) is 0 Å². The first-order chi connectivity index (χ1) is 7.00. The maximum absolute atomic E-state index is 12.0. The van der Waals surface area contributed by atoms with Crippen LogP contribution in [-0.2, 0) is 9.53 Å². The molecule has 0 aliphatic carbocycles. The average Bonchev–Trinajstić information content (AvgIpc) is 2.64. The highest BCUT2D eigenvalue weighted by atomic mass is 79.9. The Morgan fingerprint density at radius 2 is 2.27 bits per heavy atom. The topological polar surface area (TPSA) is 38.3 Å². The lowest BCUT2D eigenvalue weighted by Crippen LogP contribution is -2.48. The van der Waals surface area contributed by atoms with Crippen LogP contribution in [0.1, 0.15) is 33.6 Å². The zero-order valence-corrected chi connectivity index (χ0v) is 11.3. The van der Waals surface area contributed by atoms with Gasteiger partial charge in [-0.25, -0.2) is 0 Å². The third-order valence-electron chi connectivity index (χ3n) is 2.74. The minimum atomic E-state index is -0.183. The molecule has 1 fully saturated rings. The van der Waals surface area contributed by atoms with Gasteiger partial charge >= 0.3 is 0 Å². The second-order valence-corrected chi connectivity index (χ2v) is 5.28. The SMILES string of the molecule is CCC1OCCC1C(=O)NC(C)(C)CBr. The fourth-order valence-electron chi connectivity index (χ4n) is 1.81. The first-order valence-electron chi connectivity index (χ1n) is 5.49. The van der Waals surface area contributed by atoms with Crippen LogP contribution < -0.4 is 5.32 Å². The van der Waals surface area contributed by atoms with Crippen molar-refractivity contribution >= 4 is 21.8 Å². The molecule has 3 nitrogen and oxygen atoms in total. The molecule has 2 unspecified atom stereocenters. The fraction of sp³-hybridized carbons (Fsp3) is 0.909. The number of alkyl halides is 1. The van der Waals surface area contributed by atoms with Crippen LogP contribution in [0.25, 0.3) is 0 Å². The van der Waals surface area contributed by atoms with Gasteiger partial charge in [-0.3, -0.25) is 4.79 Å². The summed E-state index contributed by atoms with van der Waals surface area (Å²) in [6.07, 6.45) is 1.87. The minimum absolute atomic E-state index is 0.0355. The summed E-state index contributed by atoms with van der Waals surface area (Å²) in [7, 11) is 0. The molecule has 0 saturated carbocycles. The quantitative estimate of drug-likeness (QED) is 0.800. The fourth-order valence-corrected chi connectivity index (χ4v) is 1.95. The van der Waals surface area contributed by atoms with Crippen molar-refractivity contribution in [3.63, 3.8) is 0 Å². The highest BCUT2D eigenvalue weighted by Gasteiger charge is 2.34. The smallest absolute Gasteiger partial charge is 0.226 e. The zero-order chi connectivity index (χ0) is 11.5. The molecule has 1 heterocycles. The first kappa shape index (κ1) is 13.0. The van der Waals surface area contributed by atoms with Crippen LogP contribution in [0.5, 0.6) is 0 Å². The van der Waals surface area contributed by atoms with Crippen molar-refractivity contribution in [2.75, 3.05) is 11.9 Å². The maximum Gasteiger partial charge on any atom is 0.226 e. The van der Waals surface area contributed by atoms with E-state index < -0.39 is 0 Å². The Balaban J connectivity index is 2.53.